The first kappa shape index (κ1) is 10.7. The zero-order chi connectivity index (χ0) is 11.9. The lowest BCUT2D eigenvalue weighted by molar-refractivity contribution is 0.672. The number of nitrogens with one attached hydrogen (secondary N) is 1. The molecular formula is C13H13N3S2. The summed E-state index contributed by atoms with van der Waals surface area (Å²) in [5, 5.41) is 9.65. The molecule has 0 bridgehead atoms. The summed E-state index contributed by atoms with van der Waals surface area (Å²) < 4.78 is 2.67. The normalized spacial score (nSPS) is 16.9. The summed E-state index contributed by atoms with van der Waals surface area (Å²) in [6.07, 6.45) is 5.17. The van der Waals surface area contributed by atoms with Gasteiger partial charge in [-0.05, 0) is 30.4 Å². The van der Waals surface area contributed by atoms with E-state index >= 15 is 0 Å². The van der Waals surface area contributed by atoms with E-state index in [0.717, 1.165) is 11.6 Å². The monoisotopic (exact) mass is 275 g/mol. The summed E-state index contributed by atoms with van der Waals surface area (Å²) in [5.74, 6) is 2.55. The zero-order valence-corrected chi connectivity index (χ0v) is 11.5. The van der Waals surface area contributed by atoms with E-state index in [9.17, 15) is 0 Å². The second kappa shape index (κ2) is 4.17. The third kappa shape index (κ3) is 1.69. The molecular weight excluding hydrogens is 262 g/mol. The largest absolute Gasteiger partial charge is 0.262 e. The van der Waals surface area contributed by atoms with Crippen LogP contribution in [-0.4, -0.2) is 15.2 Å². The Morgan fingerprint density at radius 3 is 2.94 bits per heavy atom. The number of hydrogen-bond donors (Lipinski definition) is 1. The highest BCUT2D eigenvalue weighted by molar-refractivity contribution is 7.28. The van der Waals surface area contributed by atoms with Crippen molar-refractivity contribution in [1.82, 2.24) is 15.2 Å². The summed E-state index contributed by atoms with van der Waals surface area (Å²) in [5.41, 5.74) is 0. The number of nitrogens with zero attached hydrogens (tertiary/aromatic N) is 2. The van der Waals surface area contributed by atoms with E-state index in [1.807, 2.05) is 0 Å². The molecule has 0 spiro atoms. The Labute approximate surface area is 113 Å². The minimum Gasteiger partial charge on any atom is -0.262 e. The average molecular weight is 275 g/mol. The number of rotatable bonds is 2. The number of aromatic amines is 1. The third-order valence-corrected chi connectivity index (χ3v) is 5.69. The van der Waals surface area contributed by atoms with Gasteiger partial charge in [-0.2, -0.15) is 5.10 Å². The maximum atomic E-state index is 4.69. The maximum Gasteiger partial charge on any atom is 0.191 e. The van der Waals surface area contributed by atoms with Crippen molar-refractivity contribution in [2.75, 3.05) is 0 Å². The molecule has 3 heterocycles. The summed E-state index contributed by atoms with van der Waals surface area (Å²) in [7, 11) is 0. The van der Waals surface area contributed by atoms with Gasteiger partial charge in [0.15, 0.2) is 5.82 Å². The van der Waals surface area contributed by atoms with Crippen molar-refractivity contribution in [2.45, 2.75) is 31.6 Å². The topological polar surface area (TPSA) is 41.6 Å². The van der Waals surface area contributed by atoms with Crippen LogP contribution in [0.15, 0.2) is 17.5 Å². The molecule has 0 unspecified atom stereocenters. The molecule has 3 aromatic rings. The molecule has 0 atom stereocenters. The number of thiophene rings is 2. The van der Waals surface area contributed by atoms with E-state index in [1.54, 1.807) is 22.7 Å². The Balaban J connectivity index is 1.69. The van der Waals surface area contributed by atoms with Gasteiger partial charge >= 0.3 is 0 Å². The van der Waals surface area contributed by atoms with Crippen molar-refractivity contribution in [1.29, 1.82) is 0 Å². The third-order valence-electron chi connectivity index (χ3n) is 3.60. The Morgan fingerprint density at radius 2 is 2.11 bits per heavy atom. The lowest BCUT2D eigenvalue weighted by Crippen LogP contribution is -1.94. The predicted octanol–water partition coefficient (Wildman–Crippen LogP) is 4.41. The van der Waals surface area contributed by atoms with Crippen LogP contribution >= 0.6 is 22.7 Å². The highest BCUT2D eigenvalue weighted by atomic mass is 32.1. The molecule has 0 saturated heterocycles. The van der Waals surface area contributed by atoms with Crippen LogP contribution in [0.2, 0.25) is 0 Å². The number of H-pyrrole nitrogens is 1. The van der Waals surface area contributed by atoms with E-state index in [-0.39, 0.29) is 0 Å². The fraction of sp³-hybridized carbons (Fsp3) is 0.385. The molecule has 0 amide bonds. The molecule has 1 aliphatic rings. The Hall–Kier alpha value is -1.20. The van der Waals surface area contributed by atoms with Crippen LogP contribution in [-0.2, 0) is 0 Å². The summed E-state index contributed by atoms with van der Waals surface area (Å²) in [6, 6.07) is 4.37. The summed E-state index contributed by atoms with van der Waals surface area (Å²) in [4.78, 5) is 5.86. The second-order valence-corrected chi connectivity index (χ2v) is 6.82. The molecule has 0 aliphatic heterocycles. The van der Waals surface area contributed by atoms with Crippen LogP contribution in [0, 0.1) is 0 Å². The molecule has 18 heavy (non-hydrogen) atoms. The molecule has 4 rings (SSSR count). The quantitative estimate of drug-likeness (QED) is 0.753. The van der Waals surface area contributed by atoms with Crippen LogP contribution in [0.25, 0.3) is 20.1 Å². The van der Waals surface area contributed by atoms with Gasteiger partial charge in [0, 0.05) is 15.3 Å². The maximum absolute atomic E-state index is 4.69. The number of fused-ring (bicyclic) bond motifs is 1. The van der Waals surface area contributed by atoms with Crippen LogP contribution < -0.4 is 0 Å². The molecule has 0 aromatic carbocycles. The van der Waals surface area contributed by atoms with Crippen molar-refractivity contribution in [3.63, 3.8) is 0 Å². The van der Waals surface area contributed by atoms with Crippen LogP contribution in [0.5, 0.6) is 0 Å². The molecule has 3 aromatic heterocycles. The first-order chi connectivity index (χ1) is 8.90. The van der Waals surface area contributed by atoms with Gasteiger partial charge < -0.3 is 0 Å². The molecule has 1 N–H and O–H groups in total. The van der Waals surface area contributed by atoms with Gasteiger partial charge in [-0.3, -0.25) is 5.10 Å². The predicted molar refractivity (Wildman–Crippen MR) is 76.3 cm³/mol. The fourth-order valence-electron chi connectivity index (χ4n) is 2.64. The first-order valence-electron chi connectivity index (χ1n) is 6.30. The second-order valence-electron chi connectivity index (χ2n) is 4.79. The zero-order valence-electron chi connectivity index (χ0n) is 9.85. The van der Waals surface area contributed by atoms with Gasteiger partial charge in [0.2, 0.25) is 0 Å². The minimum absolute atomic E-state index is 0.604. The van der Waals surface area contributed by atoms with E-state index < -0.39 is 0 Å². The van der Waals surface area contributed by atoms with Crippen LogP contribution in [0.4, 0.5) is 0 Å². The molecule has 3 nitrogen and oxygen atoms in total. The smallest absolute Gasteiger partial charge is 0.191 e. The van der Waals surface area contributed by atoms with Crippen molar-refractivity contribution >= 4 is 32.1 Å². The van der Waals surface area contributed by atoms with Crippen molar-refractivity contribution < 1.29 is 0 Å². The summed E-state index contributed by atoms with van der Waals surface area (Å²) in [6.45, 7) is 0. The highest BCUT2D eigenvalue weighted by Crippen LogP contribution is 2.36. The van der Waals surface area contributed by atoms with Crippen molar-refractivity contribution in [2.24, 2.45) is 0 Å². The Bertz CT molecular complexity index is 645. The number of hydrogen-bond acceptors (Lipinski definition) is 4. The SMILES string of the molecule is c1cc2sc(-c3n[nH]c(C4CCCC4)n3)cc2s1. The molecule has 92 valence electrons. The lowest BCUT2D eigenvalue weighted by atomic mass is 10.1. The van der Waals surface area contributed by atoms with Crippen molar-refractivity contribution in [3.05, 3.63) is 23.3 Å². The molecule has 0 radical (unpaired) electrons. The van der Waals surface area contributed by atoms with E-state index in [4.69, 9.17) is 0 Å². The van der Waals surface area contributed by atoms with Gasteiger partial charge in [0.25, 0.3) is 0 Å². The van der Waals surface area contributed by atoms with Crippen LogP contribution in [0.3, 0.4) is 0 Å². The van der Waals surface area contributed by atoms with Gasteiger partial charge in [-0.25, -0.2) is 4.98 Å². The fourth-order valence-corrected chi connectivity index (χ4v) is 4.69. The minimum atomic E-state index is 0.604. The van der Waals surface area contributed by atoms with Gasteiger partial charge in [0.05, 0.1) is 4.88 Å². The standard InChI is InChI=1S/C13H13N3S2/c1-2-4-8(3-1)12-14-13(16-15-12)11-7-10-9(18-11)5-6-17-10/h5-8H,1-4H2,(H,14,15,16). The van der Waals surface area contributed by atoms with Gasteiger partial charge in [-0.15, -0.1) is 22.7 Å². The Morgan fingerprint density at radius 1 is 1.22 bits per heavy atom. The van der Waals surface area contributed by atoms with E-state index in [0.29, 0.717) is 5.92 Å². The Kier molecular flexibility index (Phi) is 2.48. The van der Waals surface area contributed by atoms with Crippen LogP contribution in [0.1, 0.15) is 37.4 Å². The molecule has 1 aliphatic carbocycles. The average Bonchev–Trinajstić information content (AvgIpc) is 3.13. The van der Waals surface area contributed by atoms with Gasteiger partial charge in [0.1, 0.15) is 5.82 Å². The van der Waals surface area contributed by atoms with Crippen molar-refractivity contribution in [3.8, 4) is 10.7 Å². The first-order valence-corrected chi connectivity index (χ1v) is 7.99. The summed E-state index contributed by atoms with van der Waals surface area (Å²) >= 11 is 3.56. The molecule has 1 fully saturated rings. The van der Waals surface area contributed by atoms with Gasteiger partial charge in [-0.1, -0.05) is 12.8 Å². The molecule has 1 saturated carbocycles. The number of aromatic nitrogens is 3. The lowest BCUT2D eigenvalue weighted by Gasteiger charge is -2.01. The van der Waals surface area contributed by atoms with E-state index in [2.05, 4.69) is 32.7 Å². The van der Waals surface area contributed by atoms with E-state index in [1.165, 1.54) is 40.0 Å². The highest BCUT2D eigenvalue weighted by Gasteiger charge is 2.21. The molecule has 5 heteroatoms.